The third-order valence-electron chi connectivity index (χ3n) is 4.67. The summed E-state index contributed by atoms with van der Waals surface area (Å²) in [4.78, 5) is 4.70. The minimum absolute atomic E-state index is 0.336. The summed E-state index contributed by atoms with van der Waals surface area (Å²) in [6.07, 6.45) is 0. The molecule has 0 bridgehead atoms. The summed E-state index contributed by atoms with van der Waals surface area (Å²) in [7, 11) is 4.85. The number of hydrogen-bond donors (Lipinski definition) is 2. The number of nitrogens with one attached hydrogen (secondary N) is 2. The minimum atomic E-state index is 0.336. The van der Waals surface area contributed by atoms with Crippen molar-refractivity contribution in [3.8, 4) is 17.2 Å². The molecule has 0 aliphatic rings. The smallest absolute Gasteiger partial charge is 0.191 e. The first-order valence-electron chi connectivity index (χ1n) is 10.5. The van der Waals surface area contributed by atoms with Gasteiger partial charge in [0.25, 0.3) is 0 Å². The van der Waals surface area contributed by atoms with E-state index in [1.54, 1.807) is 21.3 Å². The molecule has 1 atom stereocenters. The minimum Gasteiger partial charge on any atom is -0.496 e. The summed E-state index contributed by atoms with van der Waals surface area (Å²) in [6.45, 7) is 7.46. The molecule has 0 saturated carbocycles. The second-order valence-electron chi connectivity index (χ2n) is 7.20. The fourth-order valence-electron chi connectivity index (χ4n) is 3.00. The third kappa shape index (κ3) is 8.02. The van der Waals surface area contributed by atoms with Gasteiger partial charge in [-0.25, -0.2) is 4.99 Å². The van der Waals surface area contributed by atoms with Crippen LogP contribution in [0, 0.1) is 5.92 Å². The van der Waals surface area contributed by atoms with E-state index in [1.807, 2.05) is 37.3 Å². The van der Waals surface area contributed by atoms with Crippen LogP contribution in [0.15, 0.2) is 47.5 Å². The maximum absolute atomic E-state index is 5.84. The number of benzene rings is 2. The van der Waals surface area contributed by atoms with E-state index >= 15 is 0 Å². The van der Waals surface area contributed by atoms with Crippen molar-refractivity contribution in [3.05, 3.63) is 53.6 Å². The Hall–Kier alpha value is -2.93. The molecule has 1 unspecified atom stereocenters. The molecular formula is C24H35N3O4. The molecule has 0 aromatic heterocycles. The molecule has 0 radical (unpaired) electrons. The van der Waals surface area contributed by atoms with E-state index in [4.69, 9.17) is 23.9 Å². The lowest BCUT2D eigenvalue weighted by molar-refractivity contribution is 0.0931. The van der Waals surface area contributed by atoms with Crippen LogP contribution in [0.5, 0.6) is 17.2 Å². The molecule has 0 heterocycles. The Morgan fingerprint density at radius 2 is 1.61 bits per heavy atom. The lowest BCUT2D eigenvalue weighted by Crippen LogP contribution is -2.40. The molecule has 7 nitrogen and oxygen atoms in total. The Bertz CT molecular complexity index is 812. The number of hydrogen-bond acceptors (Lipinski definition) is 5. The van der Waals surface area contributed by atoms with E-state index in [2.05, 4.69) is 29.7 Å². The van der Waals surface area contributed by atoms with Gasteiger partial charge in [-0.15, -0.1) is 0 Å². The van der Waals surface area contributed by atoms with E-state index in [0.29, 0.717) is 42.9 Å². The first kappa shape index (κ1) is 24.3. The Morgan fingerprint density at radius 3 is 2.26 bits per heavy atom. The molecule has 2 aromatic rings. The molecule has 170 valence electrons. The van der Waals surface area contributed by atoms with Crippen molar-refractivity contribution in [1.82, 2.24) is 10.6 Å². The zero-order valence-electron chi connectivity index (χ0n) is 19.2. The van der Waals surface area contributed by atoms with Crippen molar-refractivity contribution in [2.75, 3.05) is 41.0 Å². The standard InChI is InChI=1S/C24H35N3O4/c1-6-25-24(26-14-18(2)16-31-17-19-10-8-7-9-11-19)27-15-20-12-22(29-4)23(30-5)13-21(20)28-3/h7-13,18H,6,14-17H2,1-5H3,(H2,25,26,27). The zero-order valence-corrected chi connectivity index (χ0v) is 19.2. The van der Waals surface area contributed by atoms with Crippen LogP contribution in [-0.4, -0.2) is 47.0 Å². The fraction of sp³-hybridized carbons (Fsp3) is 0.458. The summed E-state index contributed by atoms with van der Waals surface area (Å²) >= 11 is 0. The highest BCUT2D eigenvalue weighted by Gasteiger charge is 2.12. The van der Waals surface area contributed by atoms with Crippen molar-refractivity contribution in [2.45, 2.75) is 27.0 Å². The average Bonchev–Trinajstić information content (AvgIpc) is 2.80. The summed E-state index contributed by atoms with van der Waals surface area (Å²) in [5.41, 5.74) is 2.10. The maximum Gasteiger partial charge on any atom is 0.191 e. The molecule has 0 aliphatic carbocycles. The van der Waals surface area contributed by atoms with E-state index in [0.717, 1.165) is 24.6 Å². The van der Waals surface area contributed by atoms with Gasteiger partial charge in [-0.3, -0.25) is 0 Å². The number of aliphatic imine (C=N–C) groups is 1. The van der Waals surface area contributed by atoms with Crippen LogP contribution in [0.2, 0.25) is 0 Å². The topological polar surface area (TPSA) is 73.3 Å². The van der Waals surface area contributed by atoms with E-state index in [-0.39, 0.29) is 0 Å². The van der Waals surface area contributed by atoms with E-state index in [1.165, 1.54) is 5.56 Å². The van der Waals surface area contributed by atoms with Gasteiger partial charge >= 0.3 is 0 Å². The number of methoxy groups -OCH3 is 3. The molecular weight excluding hydrogens is 394 g/mol. The number of ether oxygens (including phenoxy) is 4. The van der Waals surface area contributed by atoms with Crippen LogP contribution in [0.4, 0.5) is 0 Å². The van der Waals surface area contributed by atoms with Crippen molar-refractivity contribution in [3.63, 3.8) is 0 Å². The highest BCUT2D eigenvalue weighted by Crippen LogP contribution is 2.34. The maximum atomic E-state index is 5.84. The molecule has 0 fully saturated rings. The summed E-state index contributed by atoms with van der Waals surface area (Å²) < 4.78 is 22.1. The Morgan fingerprint density at radius 1 is 0.935 bits per heavy atom. The van der Waals surface area contributed by atoms with Crippen LogP contribution in [0.1, 0.15) is 25.0 Å². The quantitative estimate of drug-likeness (QED) is 0.397. The molecule has 0 spiro atoms. The number of guanidine groups is 1. The van der Waals surface area contributed by atoms with E-state index in [9.17, 15) is 0 Å². The van der Waals surface area contributed by atoms with Crippen molar-refractivity contribution in [1.29, 1.82) is 0 Å². The summed E-state index contributed by atoms with van der Waals surface area (Å²) in [5.74, 6) is 3.06. The fourth-order valence-corrected chi connectivity index (χ4v) is 3.00. The first-order chi connectivity index (χ1) is 15.1. The van der Waals surface area contributed by atoms with Crippen LogP contribution in [-0.2, 0) is 17.9 Å². The van der Waals surface area contributed by atoms with Gasteiger partial charge in [0.2, 0.25) is 0 Å². The summed E-state index contributed by atoms with van der Waals surface area (Å²) in [5, 5.41) is 6.67. The Kier molecular flexibility index (Phi) is 10.5. The Balaban J connectivity index is 1.92. The van der Waals surface area contributed by atoms with Gasteiger partial charge in [-0.05, 0) is 24.5 Å². The predicted octanol–water partition coefficient (Wildman–Crippen LogP) is 3.62. The van der Waals surface area contributed by atoms with Gasteiger partial charge in [-0.1, -0.05) is 37.3 Å². The van der Waals surface area contributed by atoms with Gasteiger partial charge < -0.3 is 29.6 Å². The highest BCUT2D eigenvalue weighted by atomic mass is 16.5. The van der Waals surface area contributed by atoms with Crippen LogP contribution < -0.4 is 24.8 Å². The van der Waals surface area contributed by atoms with Gasteiger partial charge in [0, 0.05) is 24.7 Å². The molecule has 2 aromatic carbocycles. The van der Waals surface area contributed by atoms with Crippen LogP contribution in [0.25, 0.3) is 0 Å². The van der Waals surface area contributed by atoms with Gasteiger partial charge in [0.1, 0.15) is 5.75 Å². The monoisotopic (exact) mass is 429 g/mol. The lowest BCUT2D eigenvalue weighted by Gasteiger charge is -2.17. The van der Waals surface area contributed by atoms with Crippen LogP contribution >= 0.6 is 0 Å². The second-order valence-corrected chi connectivity index (χ2v) is 7.20. The van der Waals surface area contributed by atoms with Crippen molar-refractivity contribution >= 4 is 5.96 Å². The van der Waals surface area contributed by atoms with E-state index < -0.39 is 0 Å². The number of rotatable bonds is 12. The normalized spacial score (nSPS) is 12.2. The third-order valence-corrected chi connectivity index (χ3v) is 4.67. The number of nitrogens with zero attached hydrogens (tertiary/aromatic N) is 1. The average molecular weight is 430 g/mol. The SMILES string of the molecule is CCNC(=NCc1cc(OC)c(OC)cc1OC)NCC(C)COCc1ccccc1. The van der Waals surface area contributed by atoms with Crippen molar-refractivity contribution in [2.24, 2.45) is 10.9 Å². The van der Waals surface area contributed by atoms with Gasteiger partial charge in [0.05, 0.1) is 41.1 Å². The van der Waals surface area contributed by atoms with Gasteiger partial charge in [0.15, 0.2) is 17.5 Å². The van der Waals surface area contributed by atoms with Crippen molar-refractivity contribution < 1.29 is 18.9 Å². The summed E-state index contributed by atoms with van der Waals surface area (Å²) in [6, 6.07) is 13.9. The second kappa shape index (κ2) is 13.4. The molecule has 2 N–H and O–H groups in total. The molecule has 0 amide bonds. The molecule has 2 rings (SSSR count). The molecule has 0 saturated heterocycles. The van der Waals surface area contributed by atoms with Gasteiger partial charge in [-0.2, -0.15) is 0 Å². The predicted molar refractivity (Wildman–Crippen MR) is 124 cm³/mol. The first-order valence-corrected chi connectivity index (χ1v) is 10.5. The Labute approximate surface area is 185 Å². The largest absolute Gasteiger partial charge is 0.496 e. The molecule has 31 heavy (non-hydrogen) atoms. The molecule has 7 heteroatoms. The lowest BCUT2D eigenvalue weighted by atomic mass is 10.1. The van der Waals surface area contributed by atoms with Crippen LogP contribution in [0.3, 0.4) is 0 Å². The molecule has 0 aliphatic heterocycles. The highest BCUT2D eigenvalue weighted by molar-refractivity contribution is 5.79. The zero-order chi connectivity index (χ0) is 22.5.